The van der Waals surface area contributed by atoms with Crippen LogP contribution in [0.5, 0.6) is 0 Å². The van der Waals surface area contributed by atoms with Gasteiger partial charge < -0.3 is 10.2 Å². The Hall–Kier alpha value is -2.79. The number of carbonyl (C=O) groups is 2. The van der Waals surface area contributed by atoms with Gasteiger partial charge in [0.25, 0.3) is 5.91 Å². The monoisotopic (exact) mass is 428 g/mol. The average molecular weight is 429 g/mol. The maximum absolute atomic E-state index is 13.9. The molecule has 1 aromatic carbocycles. The first kappa shape index (κ1) is 17.6. The minimum absolute atomic E-state index is 0.0739. The standard InChI is InChI=1S/C19H14BrFN4O2/c20-11-1-2-13-14(5-11)19(3-4-19)10-25(18(13)27)9-17(26)24-16-8-23-12(7-22)6-15(16)21/h1-2,5-6,8H,3-4,9-10H2,(H,24,26). The van der Waals surface area contributed by atoms with E-state index in [2.05, 4.69) is 26.2 Å². The van der Waals surface area contributed by atoms with Crippen molar-refractivity contribution in [1.82, 2.24) is 9.88 Å². The van der Waals surface area contributed by atoms with E-state index in [1.807, 2.05) is 12.1 Å². The van der Waals surface area contributed by atoms with Gasteiger partial charge in [-0.25, -0.2) is 9.37 Å². The number of amides is 2. The summed E-state index contributed by atoms with van der Waals surface area (Å²) in [6, 6.07) is 8.25. The van der Waals surface area contributed by atoms with Gasteiger partial charge in [0.1, 0.15) is 18.3 Å². The molecule has 1 aromatic heterocycles. The minimum Gasteiger partial charge on any atom is -0.328 e. The van der Waals surface area contributed by atoms with Gasteiger partial charge in [-0.15, -0.1) is 0 Å². The molecule has 0 saturated heterocycles. The lowest BCUT2D eigenvalue weighted by molar-refractivity contribution is -0.117. The maximum atomic E-state index is 13.9. The highest BCUT2D eigenvalue weighted by atomic mass is 79.9. The molecule has 0 atom stereocenters. The first-order valence-corrected chi connectivity index (χ1v) is 9.16. The molecule has 136 valence electrons. The number of hydrogen-bond donors (Lipinski definition) is 1. The molecule has 1 saturated carbocycles. The van der Waals surface area contributed by atoms with Gasteiger partial charge in [0, 0.05) is 28.1 Å². The van der Waals surface area contributed by atoms with Crippen LogP contribution in [0, 0.1) is 17.1 Å². The summed E-state index contributed by atoms with van der Waals surface area (Å²) >= 11 is 3.45. The second kappa shape index (κ2) is 6.43. The van der Waals surface area contributed by atoms with Crippen LogP contribution in [0.4, 0.5) is 10.1 Å². The number of hydrogen-bond acceptors (Lipinski definition) is 4. The molecule has 1 aliphatic heterocycles. The fourth-order valence-corrected chi connectivity index (χ4v) is 3.85. The van der Waals surface area contributed by atoms with Crippen molar-refractivity contribution in [1.29, 1.82) is 5.26 Å². The van der Waals surface area contributed by atoms with Crippen LogP contribution in [0.3, 0.4) is 0 Å². The summed E-state index contributed by atoms with van der Waals surface area (Å²) in [5, 5.41) is 11.1. The Bertz CT molecular complexity index is 1010. The normalized spacial score (nSPS) is 16.6. The molecule has 0 unspecified atom stereocenters. The summed E-state index contributed by atoms with van der Waals surface area (Å²) in [6.07, 6.45) is 3.03. The molecular weight excluding hydrogens is 415 g/mol. The molecule has 1 N–H and O–H groups in total. The fraction of sp³-hybridized carbons (Fsp3) is 0.263. The number of carbonyl (C=O) groups excluding carboxylic acids is 2. The zero-order valence-corrected chi connectivity index (χ0v) is 15.7. The molecule has 8 heteroatoms. The minimum atomic E-state index is -0.742. The number of pyridine rings is 1. The molecule has 2 heterocycles. The van der Waals surface area contributed by atoms with Gasteiger partial charge in [0.2, 0.25) is 5.91 Å². The highest BCUT2D eigenvalue weighted by Gasteiger charge is 2.51. The van der Waals surface area contributed by atoms with Gasteiger partial charge in [-0.2, -0.15) is 5.26 Å². The average Bonchev–Trinajstić information content (AvgIpc) is 3.41. The molecular formula is C19H14BrFN4O2. The van der Waals surface area contributed by atoms with E-state index in [4.69, 9.17) is 5.26 Å². The predicted molar refractivity (Wildman–Crippen MR) is 98.5 cm³/mol. The third kappa shape index (κ3) is 3.19. The largest absolute Gasteiger partial charge is 0.328 e. The van der Waals surface area contributed by atoms with Gasteiger partial charge in [0.05, 0.1) is 11.9 Å². The van der Waals surface area contributed by atoms with Crippen LogP contribution < -0.4 is 5.32 Å². The van der Waals surface area contributed by atoms with Gasteiger partial charge >= 0.3 is 0 Å². The van der Waals surface area contributed by atoms with Crippen molar-refractivity contribution in [2.75, 3.05) is 18.4 Å². The smallest absolute Gasteiger partial charge is 0.254 e. The lowest BCUT2D eigenvalue weighted by Crippen LogP contribution is -2.46. The van der Waals surface area contributed by atoms with Crippen LogP contribution in [0.15, 0.2) is 34.9 Å². The van der Waals surface area contributed by atoms with Crippen molar-refractivity contribution in [3.05, 3.63) is 57.6 Å². The van der Waals surface area contributed by atoms with Crippen LogP contribution in [-0.2, 0) is 10.2 Å². The van der Waals surface area contributed by atoms with Crippen molar-refractivity contribution in [2.24, 2.45) is 0 Å². The van der Waals surface area contributed by atoms with E-state index in [0.717, 1.165) is 35.1 Å². The molecule has 0 bridgehead atoms. The number of rotatable bonds is 3. The Balaban J connectivity index is 1.52. The summed E-state index contributed by atoms with van der Waals surface area (Å²) in [5.74, 6) is -1.46. The van der Waals surface area contributed by atoms with E-state index in [-0.39, 0.29) is 29.2 Å². The van der Waals surface area contributed by atoms with E-state index in [1.54, 1.807) is 12.1 Å². The number of nitriles is 1. The molecule has 0 radical (unpaired) electrons. The molecule has 1 aliphatic carbocycles. The summed E-state index contributed by atoms with van der Waals surface area (Å²) in [6.45, 7) is 0.298. The van der Waals surface area contributed by atoms with E-state index in [1.165, 1.54) is 4.90 Å². The number of nitrogens with one attached hydrogen (secondary N) is 1. The van der Waals surface area contributed by atoms with Gasteiger partial charge in [-0.3, -0.25) is 9.59 Å². The van der Waals surface area contributed by atoms with Crippen LogP contribution in [0.1, 0.15) is 34.5 Å². The zero-order valence-electron chi connectivity index (χ0n) is 14.1. The van der Waals surface area contributed by atoms with Crippen LogP contribution in [-0.4, -0.2) is 34.8 Å². The number of anilines is 1. The van der Waals surface area contributed by atoms with E-state index in [9.17, 15) is 14.0 Å². The topological polar surface area (TPSA) is 86.1 Å². The van der Waals surface area contributed by atoms with Crippen LogP contribution in [0.25, 0.3) is 0 Å². The van der Waals surface area contributed by atoms with E-state index < -0.39 is 11.7 Å². The lowest BCUT2D eigenvalue weighted by atomic mass is 9.86. The first-order valence-electron chi connectivity index (χ1n) is 8.37. The molecule has 6 nitrogen and oxygen atoms in total. The number of aromatic nitrogens is 1. The van der Waals surface area contributed by atoms with Crippen molar-refractivity contribution in [3.8, 4) is 6.07 Å². The van der Waals surface area contributed by atoms with Crippen LogP contribution >= 0.6 is 15.9 Å². The molecule has 2 amide bonds. The Morgan fingerprint density at radius 1 is 1.41 bits per heavy atom. The number of halogens is 2. The van der Waals surface area contributed by atoms with E-state index in [0.29, 0.717) is 12.1 Å². The Morgan fingerprint density at radius 3 is 2.85 bits per heavy atom. The van der Waals surface area contributed by atoms with Gasteiger partial charge in [-0.05, 0) is 36.6 Å². The van der Waals surface area contributed by atoms with Crippen molar-refractivity contribution >= 4 is 33.4 Å². The summed E-state index contributed by atoms with van der Waals surface area (Å²) < 4.78 is 14.9. The third-order valence-corrected chi connectivity index (χ3v) is 5.49. The highest BCUT2D eigenvalue weighted by Crippen LogP contribution is 2.52. The Labute approximate surface area is 163 Å². The lowest BCUT2D eigenvalue weighted by Gasteiger charge is -2.34. The van der Waals surface area contributed by atoms with Crippen molar-refractivity contribution < 1.29 is 14.0 Å². The predicted octanol–water partition coefficient (Wildman–Crippen LogP) is 2.98. The summed E-state index contributed by atoms with van der Waals surface area (Å²) in [5.41, 5.74) is 1.36. The molecule has 1 fully saturated rings. The van der Waals surface area contributed by atoms with Crippen molar-refractivity contribution in [2.45, 2.75) is 18.3 Å². The second-order valence-corrected chi connectivity index (χ2v) is 7.76. The molecule has 2 aromatic rings. The maximum Gasteiger partial charge on any atom is 0.254 e. The first-order chi connectivity index (χ1) is 12.9. The molecule has 4 rings (SSSR count). The Kier molecular flexibility index (Phi) is 4.19. The van der Waals surface area contributed by atoms with Gasteiger partial charge in [0.15, 0.2) is 5.82 Å². The van der Waals surface area contributed by atoms with Crippen molar-refractivity contribution in [3.63, 3.8) is 0 Å². The number of fused-ring (bicyclic) bond motifs is 2. The quantitative estimate of drug-likeness (QED) is 0.813. The van der Waals surface area contributed by atoms with Gasteiger partial charge in [-0.1, -0.05) is 15.9 Å². The zero-order chi connectivity index (χ0) is 19.2. The Morgan fingerprint density at radius 2 is 2.19 bits per heavy atom. The highest BCUT2D eigenvalue weighted by molar-refractivity contribution is 9.10. The second-order valence-electron chi connectivity index (χ2n) is 6.84. The summed E-state index contributed by atoms with van der Waals surface area (Å²) in [7, 11) is 0. The number of nitrogens with zero attached hydrogens (tertiary/aromatic N) is 3. The summed E-state index contributed by atoms with van der Waals surface area (Å²) in [4.78, 5) is 30.4. The molecule has 2 aliphatic rings. The molecule has 1 spiro atoms. The fourth-order valence-electron chi connectivity index (χ4n) is 3.49. The van der Waals surface area contributed by atoms with Crippen LogP contribution in [0.2, 0.25) is 0 Å². The van der Waals surface area contributed by atoms with E-state index >= 15 is 0 Å². The molecule has 27 heavy (non-hydrogen) atoms. The number of benzene rings is 1. The SMILES string of the molecule is N#Cc1cc(F)c(NC(=O)CN2CC3(CC3)c3cc(Br)ccc3C2=O)cn1. The third-order valence-electron chi connectivity index (χ3n) is 4.99.